The Kier molecular flexibility index (Phi) is 4.49. The highest BCUT2D eigenvalue weighted by Gasteiger charge is 2.19. The number of anilines is 1. The summed E-state index contributed by atoms with van der Waals surface area (Å²) in [5.41, 5.74) is 3.96. The summed E-state index contributed by atoms with van der Waals surface area (Å²) in [5, 5.41) is 3.66. The molecule has 2 aromatic rings. The van der Waals surface area contributed by atoms with Gasteiger partial charge in [-0.3, -0.25) is 0 Å². The Hall–Kier alpha value is -1.76. The van der Waals surface area contributed by atoms with Crippen molar-refractivity contribution in [3.63, 3.8) is 0 Å². The first-order valence-corrected chi connectivity index (χ1v) is 7.22. The summed E-state index contributed by atoms with van der Waals surface area (Å²) < 4.78 is 0. The predicted octanol–water partition coefficient (Wildman–Crippen LogP) is 5.36. The van der Waals surface area contributed by atoms with Crippen LogP contribution in [0.15, 0.2) is 54.6 Å². The Morgan fingerprint density at radius 2 is 1.55 bits per heavy atom. The van der Waals surface area contributed by atoms with Gasteiger partial charge in [-0.05, 0) is 29.0 Å². The van der Waals surface area contributed by atoms with Crippen molar-refractivity contribution in [3.8, 4) is 0 Å². The number of rotatable bonds is 4. The Morgan fingerprint density at radius 3 is 2.15 bits per heavy atom. The average Bonchev–Trinajstić information content (AvgIpc) is 2.45. The molecular weight excluding hydrogens is 242 g/mol. The molecular formula is C19H24N. The minimum absolute atomic E-state index is 0.131. The van der Waals surface area contributed by atoms with Crippen LogP contribution in [0.1, 0.15) is 44.4 Å². The van der Waals surface area contributed by atoms with Crippen molar-refractivity contribution in [1.82, 2.24) is 0 Å². The van der Waals surface area contributed by atoms with Crippen LogP contribution < -0.4 is 5.32 Å². The van der Waals surface area contributed by atoms with Crippen LogP contribution in [0.4, 0.5) is 5.69 Å². The monoisotopic (exact) mass is 266 g/mol. The van der Waals surface area contributed by atoms with Gasteiger partial charge in [0.1, 0.15) is 0 Å². The van der Waals surface area contributed by atoms with E-state index in [1.54, 1.807) is 0 Å². The number of nitrogens with one attached hydrogen (secondary N) is 1. The lowest BCUT2D eigenvalue weighted by atomic mass is 9.85. The van der Waals surface area contributed by atoms with E-state index in [2.05, 4.69) is 81.5 Å². The maximum atomic E-state index is 4.09. The van der Waals surface area contributed by atoms with Gasteiger partial charge in [0.05, 0.1) is 6.04 Å². The second-order valence-corrected chi connectivity index (χ2v) is 6.19. The second kappa shape index (κ2) is 6.13. The number of benzene rings is 2. The van der Waals surface area contributed by atoms with Crippen LogP contribution in [-0.2, 0) is 5.41 Å². The van der Waals surface area contributed by atoms with Crippen LogP contribution in [-0.4, -0.2) is 0 Å². The molecule has 105 valence electrons. The highest BCUT2D eigenvalue weighted by atomic mass is 14.9. The summed E-state index contributed by atoms with van der Waals surface area (Å²) in [7, 11) is 0. The van der Waals surface area contributed by atoms with Crippen LogP contribution in [0, 0.1) is 6.92 Å². The Balaban J connectivity index is 2.29. The van der Waals surface area contributed by atoms with Gasteiger partial charge in [0.2, 0.25) is 0 Å². The largest absolute Gasteiger partial charge is 0.378 e. The molecule has 0 saturated heterocycles. The van der Waals surface area contributed by atoms with Gasteiger partial charge in [-0.25, -0.2) is 0 Å². The van der Waals surface area contributed by atoms with Crippen molar-refractivity contribution >= 4 is 5.69 Å². The zero-order valence-corrected chi connectivity index (χ0v) is 12.7. The van der Waals surface area contributed by atoms with Crippen molar-refractivity contribution < 1.29 is 0 Å². The van der Waals surface area contributed by atoms with Gasteiger partial charge < -0.3 is 5.32 Å². The molecule has 1 heteroatoms. The molecule has 2 rings (SSSR count). The SMILES string of the molecule is [CH2]CC(Nc1ccccc1C(C)(C)C)c1ccccc1. The van der Waals surface area contributed by atoms with Gasteiger partial charge in [0.15, 0.2) is 0 Å². The molecule has 0 saturated carbocycles. The molecule has 1 radical (unpaired) electrons. The fraction of sp³-hybridized carbons (Fsp3) is 0.316. The molecule has 1 nitrogen and oxygen atoms in total. The van der Waals surface area contributed by atoms with Gasteiger partial charge in [-0.15, -0.1) is 0 Å². The van der Waals surface area contributed by atoms with E-state index in [1.165, 1.54) is 16.8 Å². The van der Waals surface area contributed by atoms with Gasteiger partial charge >= 0.3 is 0 Å². The van der Waals surface area contributed by atoms with Crippen LogP contribution in [0.25, 0.3) is 0 Å². The molecule has 0 aliphatic heterocycles. The topological polar surface area (TPSA) is 12.0 Å². The lowest BCUT2D eigenvalue weighted by Crippen LogP contribution is -2.17. The van der Waals surface area contributed by atoms with E-state index in [-0.39, 0.29) is 11.5 Å². The molecule has 1 unspecified atom stereocenters. The maximum Gasteiger partial charge on any atom is 0.0513 e. The molecule has 1 N–H and O–H groups in total. The third-order valence-electron chi connectivity index (χ3n) is 3.56. The third-order valence-corrected chi connectivity index (χ3v) is 3.56. The fourth-order valence-electron chi connectivity index (χ4n) is 2.46. The summed E-state index contributed by atoms with van der Waals surface area (Å²) in [5.74, 6) is 0. The van der Waals surface area contributed by atoms with E-state index in [0.29, 0.717) is 0 Å². The summed E-state index contributed by atoms with van der Waals surface area (Å²) in [6.45, 7) is 10.8. The Bertz CT molecular complexity index is 537. The fourth-order valence-corrected chi connectivity index (χ4v) is 2.46. The third kappa shape index (κ3) is 3.41. The molecule has 0 bridgehead atoms. The molecule has 1 atom stereocenters. The normalized spacial score (nSPS) is 13.0. The molecule has 0 heterocycles. The zero-order valence-electron chi connectivity index (χ0n) is 12.7. The lowest BCUT2D eigenvalue weighted by molar-refractivity contribution is 0.590. The summed E-state index contributed by atoms with van der Waals surface area (Å²) in [4.78, 5) is 0. The Labute approximate surface area is 123 Å². The van der Waals surface area contributed by atoms with E-state index < -0.39 is 0 Å². The summed E-state index contributed by atoms with van der Waals surface area (Å²) in [6, 6.07) is 19.3. The van der Waals surface area contributed by atoms with Crippen LogP contribution in [0.5, 0.6) is 0 Å². The lowest BCUT2D eigenvalue weighted by Gasteiger charge is -2.26. The van der Waals surface area contributed by atoms with Gasteiger partial charge in [-0.2, -0.15) is 0 Å². The summed E-state index contributed by atoms with van der Waals surface area (Å²) in [6.07, 6.45) is 0.822. The molecule has 0 spiro atoms. The van der Waals surface area contributed by atoms with Gasteiger partial charge in [0.25, 0.3) is 0 Å². The summed E-state index contributed by atoms with van der Waals surface area (Å²) >= 11 is 0. The first-order valence-electron chi connectivity index (χ1n) is 7.22. The van der Waals surface area contributed by atoms with Crippen molar-refractivity contribution in [1.29, 1.82) is 0 Å². The molecule has 0 aromatic heterocycles. The predicted molar refractivity (Wildman–Crippen MR) is 87.9 cm³/mol. The molecule has 0 aliphatic carbocycles. The highest BCUT2D eigenvalue weighted by molar-refractivity contribution is 5.55. The van der Waals surface area contributed by atoms with E-state index in [0.717, 1.165) is 6.42 Å². The van der Waals surface area contributed by atoms with E-state index in [1.807, 2.05) is 6.07 Å². The highest BCUT2D eigenvalue weighted by Crippen LogP contribution is 2.32. The number of hydrogen-bond donors (Lipinski definition) is 1. The minimum atomic E-state index is 0.131. The van der Waals surface area contributed by atoms with Crippen molar-refractivity contribution in [2.75, 3.05) is 5.32 Å². The molecule has 0 fully saturated rings. The molecule has 0 aliphatic rings. The molecule has 2 aromatic carbocycles. The molecule has 20 heavy (non-hydrogen) atoms. The van der Waals surface area contributed by atoms with E-state index in [9.17, 15) is 0 Å². The number of para-hydroxylation sites is 1. The van der Waals surface area contributed by atoms with Crippen LogP contribution in [0.3, 0.4) is 0 Å². The van der Waals surface area contributed by atoms with Crippen LogP contribution >= 0.6 is 0 Å². The second-order valence-electron chi connectivity index (χ2n) is 6.19. The van der Waals surface area contributed by atoms with Crippen molar-refractivity contribution in [2.24, 2.45) is 0 Å². The minimum Gasteiger partial charge on any atom is -0.378 e. The van der Waals surface area contributed by atoms with Gasteiger partial charge in [-0.1, -0.05) is 76.2 Å². The average molecular weight is 266 g/mol. The molecule has 0 amide bonds. The van der Waals surface area contributed by atoms with E-state index in [4.69, 9.17) is 0 Å². The van der Waals surface area contributed by atoms with Gasteiger partial charge in [0, 0.05) is 5.69 Å². The first kappa shape index (κ1) is 14.6. The standard InChI is InChI=1S/C19H24N/c1-5-17(15-11-7-6-8-12-15)20-18-14-10-9-13-16(18)19(2,3)4/h6-14,17,20H,1,5H2,2-4H3. The number of hydrogen-bond acceptors (Lipinski definition) is 1. The zero-order chi connectivity index (χ0) is 14.6. The quantitative estimate of drug-likeness (QED) is 0.785. The van der Waals surface area contributed by atoms with E-state index >= 15 is 0 Å². The van der Waals surface area contributed by atoms with Crippen molar-refractivity contribution in [2.45, 2.75) is 38.6 Å². The smallest absolute Gasteiger partial charge is 0.0513 e. The van der Waals surface area contributed by atoms with Crippen LogP contribution in [0.2, 0.25) is 0 Å². The first-order chi connectivity index (χ1) is 9.52. The van der Waals surface area contributed by atoms with Crippen molar-refractivity contribution in [3.05, 3.63) is 72.6 Å². The maximum absolute atomic E-state index is 4.09. The Morgan fingerprint density at radius 1 is 0.950 bits per heavy atom.